The van der Waals surface area contributed by atoms with Crippen molar-refractivity contribution in [3.8, 4) is 0 Å². The van der Waals surface area contributed by atoms with Gasteiger partial charge < -0.3 is 0 Å². The minimum absolute atomic E-state index is 0.0284. The summed E-state index contributed by atoms with van der Waals surface area (Å²) in [5.74, 6) is 0.629. The fourth-order valence-electron chi connectivity index (χ4n) is 1.37. The molecule has 0 spiro atoms. The van der Waals surface area contributed by atoms with Crippen LogP contribution in [0.1, 0.15) is 25.6 Å². The third kappa shape index (κ3) is 3.22. The molecule has 0 N–H and O–H groups in total. The molecule has 1 aromatic heterocycles. The van der Waals surface area contributed by atoms with Crippen LogP contribution < -0.4 is 0 Å². The summed E-state index contributed by atoms with van der Waals surface area (Å²) >= 11 is 7.06. The average molecular weight is 296 g/mol. The maximum atomic E-state index is 12.3. The molecule has 0 aromatic carbocycles. The number of thiophene rings is 1. The second kappa shape index (κ2) is 5.69. The Morgan fingerprint density at radius 2 is 2.00 bits per heavy atom. The van der Waals surface area contributed by atoms with Gasteiger partial charge in [0.1, 0.15) is 0 Å². The van der Waals surface area contributed by atoms with E-state index in [9.17, 15) is 8.42 Å². The van der Waals surface area contributed by atoms with Crippen molar-refractivity contribution < 1.29 is 8.42 Å². The molecule has 0 saturated heterocycles. The zero-order valence-corrected chi connectivity index (χ0v) is 12.9. The quantitative estimate of drug-likeness (QED) is 0.783. The molecule has 6 heteroatoms. The standard InChI is InChI=1S/C11H18ClNO2S2/c1-8(2)9(3)13(4)17(14,15)11-5-10(6-12)16-7-11/h5,7-9H,6H2,1-4H3. The van der Waals surface area contributed by atoms with E-state index >= 15 is 0 Å². The number of hydrogen-bond acceptors (Lipinski definition) is 3. The van der Waals surface area contributed by atoms with Gasteiger partial charge in [-0.3, -0.25) is 0 Å². The lowest BCUT2D eigenvalue weighted by Crippen LogP contribution is -2.38. The van der Waals surface area contributed by atoms with Gasteiger partial charge in [0.05, 0.1) is 10.8 Å². The van der Waals surface area contributed by atoms with E-state index in [0.29, 0.717) is 10.8 Å². The maximum absolute atomic E-state index is 12.3. The summed E-state index contributed by atoms with van der Waals surface area (Å²) in [6, 6.07) is 1.62. The molecule has 1 heterocycles. The van der Waals surface area contributed by atoms with Crippen molar-refractivity contribution in [2.75, 3.05) is 7.05 Å². The first-order chi connectivity index (χ1) is 7.80. The Morgan fingerprint density at radius 3 is 2.41 bits per heavy atom. The summed E-state index contributed by atoms with van der Waals surface area (Å²) in [6.45, 7) is 5.93. The third-order valence-electron chi connectivity index (χ3n) is 2.98. The molecule has 0 radical (unpaired) electrons. The number of hydrogen-bond donors (Lipinski definition) is 0. The Balaban J connectivity index is 3.02. The van der Waals surface area contributed by atoms with Crippen LogP contribution in [0, 0.1) is 5.92 Å². The molecule has 1 atom stereocenters. The minimum Gasteiger partial charge on any atom is -0.207 e. The number of sulfonamides is 1. The van der Waals surface area contributed by atoms with Crippen molar-refractivity contribution in [3.05, 3.63) is 16.3 Å². The van der Waals surface area contributed by atoms with E-state index < -0.39 is 10.0 Å². The summed E-state index contributed by atoms with van der Waals surface area (Å²) in [6.07, 6.45) is 0. The van der Waals surface area contributed by atoms with Crippen LogP contribution in [-0.2, 0) is 15.9 Å². The Labute approximate surface area is 112 Å². The molecular formula is C11H18ClNO2S2. The molecule has 0 aliphatic rings. The Kier molecular flexibility index (Phi) is 5.01. The largest absolute Gasteiger partial charge is 0.243 e. The van der Waals surface area contributed by atoms with Crippen molar-refractivity contribution in [1.82, 2.24) is 4.31 Å². The van der Waals surface area contributed by atoms with Crippen molar-refractivity contribution in [3.63, 3.8) is 0 Å². The van der Waals surface area contributed by atoms with Gasteiger partial charge in [-0.05, 0) is 18.9 Å². The van der Waals surface area contributed by atoms with E-state index in [2.05, 4.69) is 0 Å². The second-order valence-corrected chi connectivity index (χ2v) is 7.65. The molecule has 0 bridgehead atoms. The summed E-state index contributed by atoms with van der Waals surface area (Å²) in [5, 5.41) is 1.65. The number of rotatable bonds is 5. The molecule has 1 rings (SSSR count). The monoisotopic (exact) mass is 295 g/mol. The van der Waals surface area contributed by atoms with Crippen LogP contribution in [0.25, 0.3) is 0 Å². The summed E-state index contributed by atoms with van der Waals surface area (Å²) in [5.41, 5.74) is 0. The van der Waals surface area contributed by atoms with E-state index in [1.54, 1.807) is 18.5 Å². The van der Waals surface area contributed by atoms with E-state index in [-0.39, 0.29) is 12.0 Å². The van der Waals surface area contributed by atoms with E-state index in [0.717, 1.165) is 4.88 Å². The first-order valence-electron chi connectivity index (χ1n) is 5.42. The topological polar surface area (TPSA) is 37.4 Å². The zero-order valence-electron chi connectivity index (χ0n) is 10.5. The maximum Gasteiger partial charge on any atom is 0.243 e. The molecule has 0 amide bonds. The number of halogens is 1. The first kappa shape index (κ1) is 15.0. The summed E-state index contributed by atoms with van der Waals surface area (Å²) < 4.78 is 26.0. The molecule has 1 aromatic rings. The SMILES string of the molecule is CC(C)C(C)N(C)S(=O)(=O)c1csc(CCl)c1. The highest BCUT2D eigenvalue weighted by Crippen LogP contribution is 2.25. The lowest BCUT2D eigenvalue weighted by atomic mass is 10.1. The summed E-state index contributed by atoms with van der Waals surface area (Å²) in [7, 11) is -1.76. The van der Waals surface area contributed by atoms with Crippen LogP contribution in [0.2, 0.25) is 0 Å². The van der Waals surface area contributed by atoms with Gasteiger partial charge in [-0.15, -0.1) is 22.9 Å². The van der Waals surface area contributed by atoms with Crippen molar-refractivity contribution >= 4 is 33.0 Å². The van der Waals surface area contributed by atoms with Crippen molar-refractivity contribution in [2.24, 2.45) is 5.92 Å². The van der Waals surface area contributed by atoms with Gasteiger partial charge in [0.25, 0.3) is 0 Å². The van der Waals surface area contributed by atoms with E-state index in [1.807, 2.05) is 20.8 Å². The predicted octanol–water partition coefficient (Wildman–Crippen LogP) is 3.15. The van der Waals surface area contributed by atoms with Crippen molar-refractivity contribution in [1.29, 1.82) is 0 Å². The molecule has 0 aliphatic carbocycles. The van der Waals surface area contributed by atoms with E-state index in [1.165, 1.54) is 15.6 Å². The highest BCUT2D eigenvalue weighted by atomic mass is 35.5. The lowest BCUT2D eigenvalue weighted by molar-refractivity contribution is 0.316. The lowest BCUT2D eigenvalue weighted by Gasteiger charge is -2.26. The van der Waals surface area contributed by atoms with Gasteiger partial charge >= 0.3 is 0 Å². The van der Waals surface area contributed by atoms with E-state index in [4.69, 9.17) is 11.6 Å². The predicted molar refractivity (Wildman–Crippen MR) is 73.1 cm³/mol. The Bertz CT molecular complexity index is 468. The highest BCUT2D eigenvalue weighted by Gasteiger charge is 2.27. The van der Waals surface area contributed by atoms with Crippen LogP contribution in [0.4, 0.5) is 0 Å². The van der Waals surface area contributed by atoms with Gasteiger partial charge in [-0.1, -0.05) is 13.8 Å². The van der Waals surface area contributed by atoms with Gasteiger partial charge in [0.2, 0.25) is 10.0 Å². The molecule has 3 nitrogen and oxygen atoms in total. The average Bonchev–Trinajstić information content (AvgIpc) is 2.75. The molecule has 1 unspecified atom stereocenters. The highest BCUT2D eigenvalue weighted by molar-refractivity contribution is 7.89. The third-order valence-corrected chi connectivity index (χ3v) is 6.43. The van der Waals surface area contributed by atoms with Crippen LogP contribution in [0.15, 0.2) is 16.3 Å². The molecule has 17 heavy (non-hydrogen) atoms. The second-order valence-electron chi connectivity index (χ2n) is 4.39. The van der Waals surface area contributed by atoms with Gasteiger partial charge in [-0.25, -0.2) is 8.42 Å². The Hall–Kier alpha value is -0.100. The fourth-order valence-corrected chi connectivity index (χ4v) is 4.24. The van der Waals surface area contributed by atoms with Crippen LogP contribution in [0.5, 0.6) is 0 Å². The molecular weight excluding hydrogens is 278 g/mol. The molecule has 98 valence electrons. The van der Waals surface area contributed by atoms with Crippen LogP contribution in [-0.4, -0.2) is 25.8 Å². The Morgan fingerprint density at radius 1 is 1.41 bits per heavy atom. The molecule has 0 aliphatic heterocycles. The van der Waals surface area contributed by atoms with Crippen LogP contribution in [0.3, 0.4) is 0 Å². The van der Waals surface area contributed by atoms with Crippen LogP contribution >= 0.6 is 22.9 Å². The first-order valence-corrected chi connectivity index (χ1v) is 8.27. The van der Waals surface area contributed by atoms with Gasteiger partial charge in [-0.2, -0.15) is 4.31 Å². The normalized spacial score (nSPS) is 14.5. The zero-order chi connectivity index (χ0) is 13.2. The van der Waals surface area contributed by atoms with Gasteiger partial charge in [0, 0.05) is 23.3 Å². The number of alkyl halides is 1. The number of nitrogens with zero attached hydrogens (tertiary/aromatic N) is 1. The van der Waals surface area contributed by atoms with Gasteiger partial charge in [0.15, 0.2) is 0 Å². The molecule has 0 fully saturated rings. The minimum atomic E-state index is -3.39. The summed E-state index contributed by atoms with van der Waals surface area (Å²) in [4.78, 5) is 1.21. The fraction of sp³-hybridized carbons (Fsp3) is 0.636. The molecule has 0 saturated carbocycles. The van der Waals surface area contributed by atoms with Crippen molar-refractivity contribution in [2.45, 2.75) is 37.6 Å². The smallest absolute Gasteiger partial charge is 0.207 e.